The first-order valence-corrected chi connectivity index (χ1v) is 6.45. The number of benzene rings is 1. The molecular formula is C15H22O4. The molecule has 0 aliphatic rings. The Morgan fingerprint density at radius 2 is 1.84 bits per heavy atom. The fourth-order valence-corrected chi connectivity index (χ4v) is 1.26. The summed E-state index contributed by atoms with van der Waals surface area (Å²) in [4.78, 5) is 20.3. The zero-order valence-corrected chi connectivity index (χ0v) is 11.6. The second-order valence-corrected chi connectivity index (χ2v) is 4.07. The maximum absolute atomic E-state index is 10.2. The van der Waals surface area contributed by atoms with Crippen molar-refractivity contribution < 1.29 is 19.4 Å². The van der Waals surface area contributed by atoms with Crippen LogP contribution in [0, 0.1) is 0 Å². The Bertz CT molecular complexity index is 360. The third-order valence-corrected chi connectivity index (χ3v) is 2.27. The molecule has 0 aliphatic heterocycles. The monoisotopic (exact) mass is 266 g/mol. The number of hydrogen-bond donors (Lipinski definition) is 1. The number of ether oxygens (including phenoxy) is 1. The molecule has 0 radical (unpaired) electrons. The van der Waals surface area contributed by atoms with Crippen LogP contribution in [-0.2, 0) is 20.7 Å². The highest BCUT2D eigenvalue weighted by Gasteiger charge is 1.96. The van der Waals surface area contributed by atoms with Gasteiger partial charge in [-0.2, -0.15) is 0 Å². The van der Waals surface area contributed by atoms with E-state index in [0.29, 0.717) is 13.0 Å². The Hall–Kier alpha value is -1.84. The Labute approximate surface area is 114 Å². The Morgan fingerprint density at radius 3 is 2.32 bits per heavy atom. The summed E-state index contributed by atoms with van der Waals surface area (Å²) in [5.41, 5.74) is 1.08. The van der Waals surface area contributed by atoms with E-state index in [9.17, 15) is 9.59 Å². The zero-order valence-electron chi connectivity index (χ0n) is 11.6. The summed E-state index contributed by atoms with van der Waals surface area (Å²) >= 11 is 0. The first kappa shape index (κ1) is 17.2. The highest BCUT2D eigenvalue weighted by atomic mass is 16.5. The number of carbonyl (C=O) groups excluding carboxylic acids is 1. The van der Waals surface area contributed by atoms with Gasteiger partial charge in [-0.25, -0.2) is 0 Å². The average molecular weight is 266 g/mol. The first-order chi connectivity index (χ1) is 9.06. The molecule has 1 rings (SSSR count). The lowest BCUT2D eigenvalue weighted by molar-refractivity contribution is -0.141. The Kier molecular flexibility index (Phi) is 10.2. The number of aryl methyl sites for hydroxylation is 1. The molecule has 0 aromatic heterocycles. The van der Waals surface area contributed by atoms with Crippen molar-refractivity contribution in [1.82, 2.24) is 0 Å². The summed E-state index contributed by atoms with van der Waals surface area (Å²) in [6.07, 6.45) is 2.88. The lowest BCUT2D eigenvalue weighted by Crippen LogP contribution is -1.99. The van der Waals surface area contributed by atoms with Crippen LogP contribution in [0.15, 0.2) is 30.3 Å². The molecule has 0 heterocycles. The van der Waals surface area contributed by atoms with Crippen molar-refractivity contribution in [2.45, 2.75) is 39.5 Å². The molecule has 0 amide bonds. The van der Waals surface area contributed by atoms with Crippen LogP contribution in [0.1, 0.15) is 38.7 Å². The van der Waals surface area contributed by atoms with Crippen molar-refractivity contribution in [3.63, 3.8) is 0 Å². The number of carboxylic acids is 1. The van der Waals surface area contributed by atoms with Gasteiger partial charge in [0.2, 0.25) is 0 Å². The predicted octanol–water partition coefficient (Wildman–Crippen LogP) is 3.05. The van der Waals surface area contributed by atoms with Gasteiger partial charge in [0.05, 0.1) is 6.61 Å². The molecule has 0 atom stereocenters. The highest BCUT2D eigenvalue weighted by Crippen LogP contribution is 2.01. The van der Waals surface area contributed by atoms with Crippen LogP contribution in [0.25, 0.3) is 0 Å². The van der Waals surface area contributed by atoms with E-state index in [1.165, 1.54) is 6.92 Å². The molecule has 106 valence electrons. The predicted molar refractivity (Wildman–Crippen MR) is 73.9 cm³/mol. The van der Waals surface area contributed by atoms with Gasteiger partial charge in [-0.15, -0.1) is 0 Å². The van der Waals surface area contributed by atoms with Crippen LogP contribution in [0.3, 0.4) is 0 Å². The third kappa shape index (κ3) is 12.4. The van der Waals surface area contributed by atoms with Crippen molar-refractivity contribution in [3.8, 4) is 0 Å². The number of hydrogen-bond acceptors (Lipinski definition) is 3. The maximum Gasteiger partial charge on any atom is 0.303 e. The zero-order chi connectivity index (χ0) is 14.5. The van der Waals surface area contributed by atoms with Gasteiger partial charge in [0.15, 0.2) is 0 Å². The van der Waals surface area contributed by atoms with Gasteiger partial charge in [0, 0.05) is 13.3 Å². The van der Waals surface area contributed by atoms with Crippen LogP contribution in [-0.4, -0.2) is 23.7 Å². The molecule has 19 heavy (non-hydrogen) atoms. The summed E-state index contributed by atoms with van der Waals surface area (Å²) in [7, 11) is 0. The lowest BCUT2D eigenvalue weighted by atomic mass is 10.1. The second kappa shape index (κ2) is 11.3. The molecule has 0 aliphatic carbocycles. The molecular weight excluding hydrogens is 244 g/mol. The lowest BCUT2D eigenvalue weighted by Gasteiger charge is -1.96. The minimum absolute atomic E-state index is 0.182. The van der Waals surface area contributed by atoms with Gasteiger partial charge < -0.3 is 9.84 Å². The molecule has 4 heteroatoms. The van der Waals surface area contributed by atoms with E-state index in [1.54, 1.807) is 0 Å². The SMILES string of the molecule is CCCCOC(C)=O.O=C(O)CCc1ccccc1. The van der Waals surface area contributed by atoms with E-state index in [-0.39, 0.29) is 12.4 Å². The quantitative estimate of drug-likeness (QED) is 0.635. The van der Waals surface area contributed by atoms with Crippen molar-refractivity contribution >= 4 is 11.9 Å². The first-order valence-electron chi connectivity index (χ1n) is 6.45. The fraction of sp³-hybridized carbons (Fsp3) is 0.467. The largest absolute Gasteiger partial charge is 0.481 e. The minimum atomic E-state index is -0.742. The molecule has 1 aromatic rings. The minimum Gasteiger partial charge on any atom is -0.481 e. The van der Waals surface area contributed by atoms with Gasteiger partial charge in [-0.1, -0.05) is 43.7 Å². The summed E-state index contributed by atoms with van der Waals surface area (Å²) in [6.45, 7) is 4.06. The highest BCUT2D eigenvalue weighted by molar-refractivity contribution is 5.67. The van der Waals surface area contributed by atoms with Gasteiger partial charge >= 0.3 is 11.9 Å². The molecule has 0 fully saturated rings. The summed E-state index contributed by atoms with van der Waals surface area (Å²) in [5, 5.41) is 8.37. The van der Waals surface area contributed by atoms with Crippen LogP contribution in [0.4, 0.5) is 0 Å². The van der Waals surface area contributed by atoms with Crippen LogP contribution in [0.2, 0.25) is 0 Å². The van der Waals surface area contributed by atoms with E-state index in [2.05, 4.69) is 11.7 Å². The summed E-state index contributed by atoms with van der Waals surface area (Å²) in [6, 6.07) is 9.62. The molecule has 0 unspecified atom stereocenters. The molecule has 1 aromatic carbocycles. The molecule has 0 saturated carbocycles. The van der Waals surface area contributed by atoms with E-state index in [1.807, 2.05) is 30.3 Å². The number of rotatable bonds is 6. The molecule has 0 saturated heterocycles. The number of unbranched alkanes of at least 4 members (excludes halogenated alkanes) is 1. The Morgan fingerprint density at radius 1 is 1.21 bits per heavy atom. The van der Waals surface area contributed by atoms with E-state index in [4.69, 9.17) is 5.11 Å². The smallest absolute Gasteiger partial charge is 0.303 e. The van der Waals surface area contributed by atoms with E-state index in [0.717, 1.165) is 18.4 Å². The number of carboxylic acid groups (broad SMARTS) is 1. The van der Waals surface area contributed by atoms with E-state index < -0.39 is 5.97 Å². The third-order valence-electron chi connectivity index (χ3n) is 2.27. The molecule has 0 bridgehead atoms. The van der Waals surface area contributed by atoms with Crippen molar-refractivity contribution in [3.05, 3.63) is 35.9 Å². The van der Waals surface area contributed by atoms with Crippen LogP contribution in [0.5, 0.6) is 0 Å². The van der Waals surface area contributed by atoms with Gasteiger partial charge in [-0.3, -0.25) is 9.59 Å². The number of aliphatic carboxylic acids is 1. The number of carbonyl (C=O) groups is 2. The van der Waals surface area contributed by atoms with Crippen LogP contribution >= 0.6 is 0 Å². The summed E-state index contributed by atoms with van der Waals surface area (Å²) < 4.78 is 4.64. The van der Waals surface area contributed by atoms with Crippen molar-refractivity contribution in [2.24, 2.45) is 0 Å². The van der Waals surface area contributed by atoms with Crippen molar-refractivity contribution in [2.75, 3.05) is 6.61 Å². The molecule has 4 nitrogen and oxygen atoms in total. The fourth-order valence-electron chi connectivity index (χ4n) is 1.26. The van der Waals surface area contributed by atoms with Crippen molar-refractivity contribution in [1.29, 1.82) is 0 Å². The van der Waals surface area contributed by atoms with Gasteiger partial charge in [0.1, 0.15) is 0 Å². The normalized spacial score (nSPS) is 9.16. The number of esters is 1. The topological polar surface area (TPSA) is 63.6 Å². The molecule has 1 N–H and O–H groups in total. The van der Waals surface area contributed by atoms with Crippen LogP contribution < -0.4 is 0 Å². The summed E-state index contributed by atoms with van der Waals surface area (Å²) in [5.74, 6) is -0.924. The maximum atomic E-state index is 10.2. The molecule has 0 spiro atoms. The second-order valence-electron chi connectivity index (χ2n) is 4.07. The van der Waals surface area contributed by atoms with Gasteiger partial charge in [-0.05, 0) is 18.4 Å². The van der Waals surface area contributed by atoms with Gasteiger partial charge in [0.25, 0.3) is 0 Å². The standard InChI is InChI=1S/C9H10O2.C6H12O2/c10-9(11)7-6-8-4-2-1-3-5-8;1-3-4-5-8-6(2)7/h1-5H,6-7H2,(H,10,11);3-5H2,1-2H3. The average Bonchev–Trinajstić information content (AvgIpc) is 2.38. The Balaban J connectivity index is 0.000000362. The van der Waals surface area contributed by atoms with E-state index >= 15 is 0 Å².